The summed E-state index contributed by atoms with van der Waals surface area (Å²) in [6, 6.07) is 9.86. The van der Waals surface area contributed by atoms with Crippen LogP contribution >= 0.6 is 0 Å². The maximum Gasteiger partial charge on any atom is 0.416 e. The van der Waals surface area contributed by atoms with Crippen LogP contribution < -0.4 is 10.6 Å². The Hall–Kier alpha value is -2.65. The van der Waals surface area contributed by atoms with Crippen LogP contribution in [0.2, 0.25) is 0 Å². The molecule has 1 atom stereocenters. The first-order chi connectivity index (χ1) is 13.7. The quantitative estimate of drug-likeness (QED) is 0.479. The number of hydrogen-bond acceptors (Lipinski definition) is 5. The van der Waals surface area contributed by atoms with Gasteiger partial charge in [-0.2, -0.15) is 13.2 Å². The van der Waals surface area contributed by atoms with E-state index in [0.29, 0.717) is 30.8 Å². The Kier molecular flexibility index (Phi) is 6.09. The smallest absolute Gasteiger partial charge is 0.391 e. The second-order valence-corrected chi connectivity index (χ2v) is 7.41. The van der Waals surface area contributed by atoms with Crippen molar-refractivity contribution in [2.24, 2.45) is 5.41 Å². The third-order valence-electron chi connectivity index (χ3n) is 5.29. The van der Waals surface area contributed by atoms with Crippen LogP contribution in [-0.2, 0) is 19.2 Å². The Bertz CT molecular complexity index is 881. The molecule has 0 spiro atoms. The molecule has 2 aromatic rings. The average molecular weight is 409 g/mol. The molecule has 9 heteroatoms. The summed E-state index contributed by atoms with van der Waals surface area (Å²) in [6.45, 7) is 1.41. The molecule has 0 aromatic heterocycles. The number of anilines is 1. The Balaban J connectivity index is 1.77. The third kappa shape index (κ3) is 5.04. The molecule has 3 N–H and O–H groups in total. The number of nitro benzene ring substituents is 1. The van der Waals surface area contributed by atoms with Gasteiger partial charge in [-0.3, -0.25) is 10.1 Å². The third-order valence-corrected chi connectivity index (χ3v) is 5.29. The molecule has 1 aliphatic rings. The molecule has 2 aromatic carbocycles. The van der Waals surface area contributed by atoms with Crippen molar-refractivity contribution in [3.8, 4) is 0 Å². The lowest BCUT2D eigenvalue weighted by Gasteiger charge is -2.29. The van der Waals surface area contributed by atoms with Crippen molar-refractivity contribution < 1.29 is 23.2 Å². The summed E-state index contributed by atoms with van der Waals surface area (Å²) in [5.41, 5.74) is 0.209. The Morgan fingerprint density at radius 3 is 2.66 bits per heavy atom. The Labute approximate surface area is 165 Å². The molecular weight excluding hydrogens is 387 g/mol. The highest BCUT2D eigenvalue weighted by molar-refractivity contribution is 5.55. The van der Waals surface area contributed by atoms with Gasteiger partial charge in [0.05, 0.1) is 22.7 Å². The lowest BCUT2D eigenvalue weighted by molar-refractivity contribution is -0.385. The molecule has 1 saturated heterocycles. The Morgan fingerprint density at radius 1 is 1.24 bits per heavy atom. The SMILES string of the molecule is O=[N+]([O-])c1cc(NCC2(Cc3cccc(C(F)(F)F)c3)CCNC2)ccc1CO. The van der Waals surface area contributed by atoms with Crippen molar-refractivity contribution in [3.63, 3.8) is 0 Å². The monoisotopic (exact) mass is 409 g/mol. The minimum atomic E-state index is -4.39. The molecule has 1 fully saturated rings. The van der Waals surface area contributed by atoms with Gasteiger partial charge in [0.15, 0.2) is 0 Å². The number of benzene rings is 2. The van der Waals surface area contributed by atoms with Gasteiger partial charge in [0, 0.05) is 30.3 Å². The van der Waals surface area contributed by atoms with E-state index in [-0.39, 0.29) is 16.7 Å². The molecule has 1 unspecified atom stereocenters. The number of hydrogen-bond donors (Lipinski definition) is 3. The highest BCUT2D eigenvalue weighted by atomic mass is 19.4. The predicted molar refractivity (Wildman–Crippen MR) is 103 cm³/mol. The number of halogens is 3. The summed E-state index contributed by atoms with van der Waals surface area (Å²) in [4.78, 5) is 10.6. The summed E-state index contributed by atoms with van der Waals surface area (Å²) in [5, 5.41) is 26.9. The second kappa shape index (κ2) is 8.38. The topological polar surface area (TPSA) is 87.4 Å². The summed E-state index contributed by atoms with van der Waals surface area (Å²) >= 11 is 0. The molecular formula is C20H22F3N3O3. The van der Waals surface area contributed by atoms with Crippen molar-refractivity contribution in [3.05, 3.63) is 69.3 Å². The second-order valence-electron chi connectivity index (χ2n) is 7.41. The van der Waals surface area contributed by atoms with Gasteiger partial charge in [0.1, 0.15) is 0 Å². The van der Waals surface area contributed by atoms with E-state index in [1.54, 1.807) is 12.1 Å². The molecule has 1 aliphatic heterocycles. The van der Waals surface area contributed by atoms with Gasteiger partial charge in [-0.25, -0.2) is 0 Å². The number of rotatable bonds is 7. The molecule has 0 amide bonds. The average Bonchev–Trinajstić information content (AvgIpc) is 3.14. The van der Waals surface area contributed by atoms with E-state index >= 15 is 0 Å². The van der Waals surface area contributed by atoms with Gasteiger partial charge in [-0.15, -0.1) is 0 Å². The van der Waals surface area contributed by atoms with Crippen LogP contribution in [0, 0.1) is 15.5 Å². The summed E-state index contributed by atoms with van der Waals surface area (Å²) in [5.74, 6) is 0. The van der Waals surface area contributed by atoms with Gasteiger partial charge in [-0.1, -0.05) is 18.2 Å². The maximum atomic E-state index is 13.0. The highest BCUT2D eigenvalue weighted by Crippen LogP contribution is 2.34. The van der Waals surface area contributed by atoms with E-state index in [4.69, 9.17) is 0 Å². The first-order valence-electron chi connectivity index (χ1n) is 9.21. The lowest BCUT2D eigenvalue weighted by atomic mass is 9.80. The van der Waals surface area contributed by atoms with E-state index in [2.05, 4.69) is 10.6 Å². The van der Waals surface area contributed by atoms with Crippen molar-refractivity contribution in [2.75, 3.05) is 25.0 Å². The van der Waals surface area contributed by atoms with Crippen molar-refractivity contribution in [1.82, 2.24) is 5.32 Å². The minimum absolute atomic E-state index is 0.172. The summed E-state index contributed by atoms with van der Waals surface area (Å²) in [6.07, 6.45) is -3.16. The van der Waals surface area contributed by atoms with E-state index in [9.17, 15) is 28.4 Å². The van der Waals surface area contributed by atoms with Gasteiger partial charge in [0.25, 0.3) is 5.69 Å². The van der Waals surface area contributed by atoms with Crippen molar-refractivity contribution >= 4 is 11.4 Å². The molecule has 1 heterocycles. The fraction of sp³-hybridized carbons (Fsp3) is 0.400. The number of alkyl halides is 3. The zero-order chi connectivity index (χ0) is 21.1. The van der Waals surface area contributed by atoms with E-state index in [1.807, 2.05) is 0 Å². The number of aliphatic hydroxyl groups excluding tert-OH is 1. The summed E-state index contributed by atoms with van der Waals surface area (Å²) < 4.78 is 39.0. The van der Waals surface area contributed by atoms with Crippen LogP contribution in [0.15, 0.2) is 42.5 Å². The van der Waals surface area contributed by atoms with E-state index in [1.165, 1.54) is 24.3 Å². The van der Waals surface area contributed by atoms with Crippen LogP contribution in [0.25, 0.3) is 0 Å². The normalized spacial score (nSPS) is 19.3. The van der Waals surface area contributed by atoms with E-state index < -0.39 is 23.3 Å². The number of nitrogens with zero attached hydrogens (tertiary/aromatic N) is 1. The van der Waals surface area contributed by atoms with Crippen LogP contribution in [0.5, 0.6) is 0 Å². The zero-order valence-electron chi connectivity index (χ0n) is 15.6. The molecule has 3 rings (SSSR count). The standard InChI is InChI=1S/C20H22F3N3O3/c21-20(22,23)16-3-1-2-14(8-16)10-19(6-7-24-12-19)13-25-17-5-4-15(11-27)18(9-17)26(28)29/h1-5,8-9,24-25,27H,6-7,10-13H2. The van der Waals surface area contributed by atoms with Gasteiger partial charge < -0.3 is 15.7 Å². The predicted octanol–water partition coefficient (Wildman–Crippen LogP) is 3.74. The molecule has 29 heavy (non-hydrogen) atoms. The minimum Gasteiger partial charge on any atom is -0.391 e. The van der Waals surface area contributed by atoms with Gasteiger partial charge in [-0.05, 0) is 43.1 Å². The zero-order valence-corrected chi connectivity index (χ0v) is 15.6. The van der Waals surface area contributed by atoms with Crippen LogP contribution in [0.3, 0.4) is 0 Å². The van der Waals surface area contributed by atoms with E-state index in [0.717, 1.165) is 19.0 Å². The number of nitrogens with one attached hydrogen (secondary N) is 2. The van der Waals surface area contributed by atoms with Crippen molar-refractivity contribution in [1.29, 1.82) is 0 Å². The van der Waals surface area contributed by atoms with Crippen LogP contribution in [-0.4, -0.2) is 29.7 Å². The lowest BCUT2D eigenvalue weighted by Crippen LogP contribution is -2.34. The fourth-order valence-corrected chi connectivity index (χ4v) is 3.72. The van der Waals surface area contributed by atoms with Crippen LogP contribution in [0.4, 0.5) is 24.5 Å². The first kappa shape index (κ1) is 21.1. The van der Waals surface area contributed by atoms with Gasteiger partial charge >= 0.3 is 6.18 Å². The van der Waals surface area contributed by atoms with Crippen molar-refractivity contribution in [2.45, 2.75) is 25.6 Å². The number of nitro groups is 1. The molecule has 156 valence electrons. The maximum absolute atomic E-state index is 13.0. The molecule has 6 nitrogen and oxygen atoms in total. The largest absolute Gasteiger partial charge is 0.416 e. The number of aliphatic hydroxyl groups is 1. The van der Waals surface area contributed by atoms with Gasteiger partial charge in [0.2, 0.25) is 0 Å². The summed E-state index contributed by atoms with van der Waals surface area (Å²) in [7, 11) is 0. The molecule has 0 radical (unpaired) electrons. The fourth-order valence-electron chi connectivity index (χ4n) is 3.72. The molecule has 0 saturated carbocycles. The highest BCUT2D eigenvalue weighted by Gasteiger charge is 2.35. The molecule has 0 aliphatic carbocycles. The molecule has 0 bridgehead atoms. The van der Waals surface area contributed by atoms with Crippen LogP contribution in [0.1, 0.15) is 23.1 Å². The Morgan fingerprint density at radius 2 is 2.03 bits per heavy atom. The first-order valence-corrected chi connectivity index (χ1v) is 9.21.